The second-order valence-corrected chi connectivity index (χ2v) is 6.92. The molecule has 1 amide bonds. The van der Waals surface area contributed by atoms with Gasteiger partial charge in [0, 0.05) is 0 Å². The summed E-state index contributed by atoms with van der Waals surface area (Å²) >= 11 is 1.36. The summed E-state index contributed by atoms with van der Waals surface area (Å²) in [5, 5.41) is 15.4. The molecule has 1 aliphatic carbocycles. The smallest absolute Gasteiger partial charge is 0.230 e. The predicted octanol–water partition coefficient (Wildman–Crippen LogP) is 2.08. The van der Waals surface area contributed by atoms with Crippen molar-refractivity contribution in [2.75, 3.05) is 26.0 Å². The van der Waals surface area contributed by atoms with Crippen molar-refractivity contribution in [3.8, 4) is 11.5 Å². The Balaban J connectivity index is 1.38. The van der Waals surface area contributed by atoms with E-state index < -0.39 is 0 Å². The van der Waals surface area contributed by atoms with Crippen LogP contribution in [0.2, 0.25) is 0 Å². The van der Waals surface area contributed by atoms with Crippen molar-refractivity contribution in [1.29, 1.82) is 0 Å². The first-order valence-electron chi connectivity index (χ1n) is 8.71. The van der Waals surface area contributed by atoms with Gasteiger partial charge in [-0.2, -0.15) is 0 Å². The van der Waals surface area contributed by atoms with Gasteiger partial charge in [-0.15, -0.1) is 5.10 Å². The zero-order valence-corrected chi connectivity index (χ0v) is 15.6. The molecule has 3 rings (SSSR count). The largest absolute Gasteiger partial charge is 0.493 e. The molecular weight excluding hydrogens is 354 g/mol. The summed E-state index contributed by atoms with van der Waals surface area (Å²) in [5.74, 6) is 1.55. The van der Waals surface area contributed by atoms with Crippen molar-refractivity contribution < 1.29 is 14.3 Å². The average Bonchev–Trinajstić information content (AvgIpc) is 3.34. The van der Waals surface area contributed by atoms with Gasteiger partial charge in [-0.3, -0.25) is 4.79 Å². The summed E-state index contributed by atoms with van der Waals surface area (Å²) in [6.45, 7) is 0.793. The molecular formula is C17H23N5O3S. The third kappa shape index (κ3) is 4.87. The van der Waals surface area contributed by atoms with E-state index in [2.05, 4.69) is 20.8 Å². The monoisotopic (exact) mass is 377 g/mol. The third-order valence-corrected chi connectivity index (χ3v) is 5.15. The maximum absolute atomic E-state index is 12.0. The van der Waals surface area contributed by atoms with E-state index in [9.17, 15) is 4.79 Å². The van der Waals surface area contributed by atoms with Gasteiger partial charge >= 0.3 is 0 Å². The number of nitrogens with zero attached hydrogens (tertiary/aromatic N) is 4. The first kappa shape index (κ1) is 18.5. The highest BCUT2D eigenvalue weighted by Crippen LogP contribution is 2.31. The first-order valence-corrected chi connectivity index (χ1v) is 9.69. The molecule has 1 fully saturated rings. The number of thioether (sulfide) groups is 1. The SMILES string of the molecule is COc1ccccc1OCCNC(=O)CSc1nnnn1C1CCCC1. The van der Waals surface area contributed by atoms with Crippen molar-refractivity contribution in [1.82, 2.24) is 25.5 Å². The van der Waals surface area contributed by atoms with Crippen LogP contribution in [0, 0.1) is 0 Å². The third-order valence-electron chi connectivity index (χ3n) is 4.22. The van der Waals surface area contributed by atoms with E-state index in [1.165, 1.54) is 24.6 Å². The number of carbonyl (C=O) groups excluding carboxylic acids is 1. The topological polar surface area (TPSA) is 91.2 Å². The van der Waals surface area contributed by atoms with Crippen molar-refractivity contribution in [2.45, 2.75) is 36.9 Å². The highest BCUT2D eigenvalue weighted by molar-refractivity contribution is 7.99. The maximum Gasteiger partial charge on any atom is 0.230 e. The zero-order chi connectivity index (χ0) is 18.2. The van der Waals surface area contributed by atoms with Crippen LogP contribution in [-0.4, -0.2) is 52.1 Å². The molecule has 1 aromatic heterocycles. The molecule has 2 aromatic rings. The van der Waals surface area contributed by atoms with E-state index in [4.69, 9.17) is 9.47 Å². The number of aromatic nitrogens is 4. The minimum Gasteiger partial charge on any atom is -0.493 e. The fraction of sp³-hybridized carbons (Fsp3) is 0.529. The lowest BCUT2D eigenvalue weighted by atomic mass is 10.3. The average molecular weight is 377 g/mol. The van der Waals surface area contributed by atoms with Gasteiger partial charge in [-0.05, 0) is 35.4 Å². The molecule has 0 spiro atoms. The molecule has 1 aliphatic rings. The van der Waals surface area contributed by atoms with Crippen LogP contribution in [0.25, 0.3) is 0 Å². The molecule has 9 heteroatoms. The van der Waals surface area contributed by atoms with E-state index in [0.717, 1.165) is 12.8 Å². The summed E-state index contributed by atoms with van der Waals surface area (Å²) in [5.41, 5.74) is 0. The summed E-state index contributed by atoms with van der Waals surface area (Å²) in [4.78, 5) is 12.0. The number of nitrogens with one attached hydrogen (secondary N) is 1. The summed E-state index contributed by atoms with van der Waals surface area (Å²) in [7, 11) is 1.60. The fourth-order valence-electron chi connectivity index (χ4n) is 2.93. The number of hydrogen-bond acceptors (Lipinski definition) is 7. The molecule has 0 unspecified atom stereocenters. The van der Waals surface area contributed by atoms with Crippen molar-refractivity contribution in [3.63, 3.8) is 0 Å². The van der Waals surface area contributed by atoms with Crippen molar-refractivity contribution >= 4 is 17.7 Å². The Morgan fingerprint density at radius 3 is 2.85 bits per heavy atom. The maximum atomic E-state index is 12.0. The Bertz CT molecular complexity index is 718. The van der Waals surface area contributed by atoms with Gasteiger partial charge in [0.15, 0.2) is 11.5 Å². The molecule has 0 bridgehead atoms. The van der Waals surface area contributed by atoms with Gasteiger partial charge < -0.3 is 14.8 Å². The number of methoxy groups -OCH3 is 1. The van der Waals surface area contributed by atoms with Crippen molar-refractivity contribution in [3.05, 3.63) is 24.3 Å². The molecule has 8 nitrogen and oxygen atoms in total. The number of hydrogen-bond donors (Lipinski definition) is 1. The van der Waals surface area contributed by atoms with Gasteiger partial charge in [0.25, 0.3) is 0 Å². The van der Waals surface area contributed by atoms with Crippen LogP contribution >= 0.6 is 11.8 Å². The standard InChI is InChI=1S/C17H23N5O3S/c1-24-14-8-4-5-9-15(14)25-11-10-18-16(23)12-26-17-19-20-21-22(17)13-6-2-3-7-13/h4-5,8-9,13H,2-3,6-7,10-12H2,1H3,(H,18,23). The minimum atomic E-state index is -0.0698. The predicted molar refractivity (Wildman–Crippen MR) is 97.5 cm³/mol. The molecule has 140 valence electrons. The Kier molecular flexibility index (Phi) is 6.70. The van der Waals surface area contributed by atoms with E-state index in [0.29, 0.717) is 35.8 Å². The van der Waals surface area contributed by atoms with Crippen LogP contribution < -0.4 is 14.8 Å². The number of carbonyl (C=O) groups is 1. The molecule has 0 aliphatic heterocycles. The Labute approximate surface area is 156 Å². The highest BCUT2D eigenvalue weighted by atomic mass is 32.2. The minimum absolute atomic E-state index is 0.0698. The number of rotatable bonds is 9. The number of benzene rings is 1. The fourth-order valence-corrected chi connectivity index (χ4v) is 3.70. The lowest BCUT2D eigenvalue weighted by molar-refractivity contribution is -0.118. The van der Waals surface area contributed by atoms with Gasteiger partial charge in [-0.1, -0.05) is 36.7 Å². The van der Waals surface area contributed by atoms with Gasteiger partial charge in [0.1, 0.15) is 6.61 Å². The van der Waals surface area contributed by atoms with E-state index >= 15 is 0 Å². The van der Waals surface area contributed by atoms with Crippen LogP contribution in [0.15, 0.2) is 29.4 Å². The van der Waals surface area contributed by atoms with E-state index in [-0.39, 0.29) is 11.7 Å². The normalized spacial score (nSPS) is 14.3. The Morgan fingerprint density at radius 1 is 1.31 bits per heavy atom. The second kappa shape index (κ2) is 9.42. The quantitative estimate of drug-likeness (QED) is 0.528. The molecule has 1 N–H and O–H groups in total. The lowest BCUT2D eigenvalue weighted by Crippen LogP contribution is -2.29. The molecule has 0 atom stereocenters. The molecule has 1 saturated carbocycles. The zero-order valence-electron chi connectivity index (χ0n) is 14.8. The summed E-state index contributed by atoms with van der Waals surface area (Å²) < 4.78 is 12.7. The van der Waals surface area contributed by atoms with Crippen molar-refractivity contribution in [2.24, 2.45) is 0 Å². The van der Waals surface area contributed by atoms with Crippen LogP contribution in [0.3, 0.4) is 0 Å². The summed E-state index contributed by atoms with van der Waals surface area (Å²) in [6, 6.07) is 7.79. The Morgan fingerprint density at radius 2 is 2.08 bits per heavy atom. The molecule has 0 saturated heterocycles. The number of ether oxygens (including phenoxy) is 2. The summed E-state index contributed by atoms with van der Waals surface area (Å²) in [6.07, 6.45) is 4.62. The lowest BCUT2D eigenvalue weighted by Gasteiger charge is -2.11. The molecule has 1 heterocycles. The number of para-hydroxylation sites is 2. The molecule has 26 heavy (non-hydrogen) atoms. The van der Waals surface area contributed by atoms with E-state index in [1.54, 1.807) is 7.11 Å². The van der Waals surface area contributed by atoms with Crippen LogP contribution in [-0.2, 0) is 4.79 Å². The Hall–Kier alpha value is -2.29. The molecule has 0 radical (unpaired) electrons. The van der Waals surface area contributed by atoms with Gasteiger partial charge in [0.05, 0.1) is 25.4 Å². The second-order valence-electron chi connectivity index (χ2n) is 5.98. The van der Waals surface area contributed by atoms with Gasteiger partial charge in [-0.25, -0.2) is 4.68 Å². The van der Waals surface area contributed by atoms with Crippen LogP contribution in [0.1, 0.15) is 31.7 Å². The highest BCUT2D eigenvalue weighted by Gasteiger charge is 2.22. The van der Waals surface area contributed by atoms with Crippen LogP contribution in [0.5, 0.6) is 11.5 Å². The van der Waals surface area contributed by atoms with E-state index in [1.807, 2.05) is 28.9 Å². The number of tetrazole rings is 1. The van der Waals surface area contributed by atoms with Gasteiger partial charge in [0.2, 0.25) is 11.1 Å². The molecule has 1 aromatic carbocycles. The first-order chi connectivity index (χ1) is 12.8. The van der Waals surface area contributed by atoms with Crippen LogP contribution in [0.4, 0.5) is 0 Å². The number of amides is 1.